The fraction of sp³-hybridized carbons (Fsp3) is 0.0500. The van der Waals surface area contributed by atoms with Gasteiger partial charge in [-0.2, -0.15) is 0 Å². The SMILES string of the molecule is O=C1N(C[P+](c2ccccc2)(c2ccccc2)c2ccccc2)C(=O)N1C[P+](c1ccccc1)(c1ccccc1)c1ccccc1. The van der Waals surface area contributed by atoms with Crippen LogP contribution in [0.25, 0.3) is 0 Å². The lowest BCUT2D eigenvalue weighted by Gasteiger charge is -2.43. The van der Waals surface area contributed by atoms with Gasteiger partial charge < -0.3 is 0 Å². The minimum absolute atomic E-state index is 0.246. The molecule has 6 heteroatoms. The highest BCUT2D eigenvalue weighted by molar-refractivity contribution is 7.96. The Bertz CT molecular complexity index is 1580. The maximum Gasteiger partial charge on any atom is 0.342 e. The predicted molar refractivity (Wildman–Crippen MR) is 194 cm³/mol. The van der Waals surface area contributed by atoms with Crippen molar-refractivity contribution in [3.8, 4) is 0 Å². The van der Waals surface area contributed by atoms with E-state index >= 15 is 0 Å². The second kappa shape index (κ2) is 12.9. The molecular weight excluding hydrogens is 602 g/mol. The van der Waals surface area contributed by atoms with Crippen molar-refractivity contribution in [2.24, 2.45) is 0 Å². The molecule has 4 nitrogen and oxygen atoms in total. The Kier molecular flexibility index (Phi) is 8.33. The minimum atomic E-state index is -2.43. The van der Waals surface area contributed by atoms with Crippen LogP contribution in [0.3, 0.4) is 0 Å². The molecule has 0 N–H and O–H groups in total. The Hall–Kier alpha value is -4.88. The summed E-state index contributed by atoms with van der Waals surface area (Å²) in [5.74, 6) is 0. The first-order valence-corrected chi connectivity index (χ1v) is 19.3. The molecule has 4 amide bonds. The number of imide groups is 2. The Morgan fingerprint density at radius 3 is 0.652 bits per heavy atom. The molecule has 7 rings (SSSR count). The predicted octanol–water partition coefficient (Wildman–Crippen LogP) is 6.75. The number of hydrogen-bond acceptors (Lipinski definition) is 2. The summed E-state index contributed by atoms with van der Waals surface area (Å²) in [6.07, 6.45) is 0.597. The number of amides is 4. The number of rotatable bonds is 10. The van der Waals surface area contributed by atoms with E-state index in [0.717, 1.165) is 31.8 Å². The third kappa shape index (κ3) is 5.14. The number of carbonyl (C=O) groups excluding carboxylic acids is 2. The molecule has 1 aliphatic heterocycles. The van der Waals surface area contributed by atoms with Gasteiger partial charge in [-0.1, -0.05) is 109 Å². The van der Waals surface area contributed by atoms with Crippen molar-refractivity contribution in [3.63, 3.8) is 0 Å². The Morgan fingerprint density at radius 1 is 0.304 bits per heavy atom. The topological polar surface area (TPSA) is 40.6 Å². The zero-order valence-electron chi connectivity index (χ0n) is 25.3. The third-order valence-electron chi connectivity index (χ3n) is 8.81. The molecule has 0 bridgehead atoms. The van der Waals surface area contributed by atoms with E-state index in [2.05, 4.69) is 72.8 Å². The molecule has 0 aliphatic carbocycles. The third-order valence-corrected chi connectivity index (χ3v) is 17.3. The van der Waals surface area contributed by atoms with Gasteiger partial charge in [-0.3, -0.25) is 0 Å². The zero-order chi connectivity index (χ0) is 31.4. The highest BCUT2D eigenvalue weighted by Gasteiger charge is 2.59. The van der Waals surface area contributed by atoms with E-state index in [-0.39, 0.29) is 12.1 Å². The molecule has 6 aromatic rings. The van der Waals surface area contributed by atoms with E-state index < -0.39 is 14.5 Å². The van der Waals surface area contributed by atoms with Crippen molar-refractivity contribution < 1.29 is 9.59 Å². The van der Waals surface area contributed by atoms with Crippen molar-refractivity contribution in [2.75, 3.05) is 12.6 Å². The highest BCUT2D eigenvalue weighted by atomic mass is 31.2. The normalized spacial score (nSPS) is 13.4. The molecule has 0 saturated carbocycles. The number of nitrogens with zero attached hydrogens (tertiary/aromatic N) is 2. The monoisotopic (exact) mass is 636 g/mol. The van der Waals surface area contributed by atoms with Crippen LogP contribution in [0.5, 0.6) is 0 Å². The molecule has 0 unspecified atom stereocenters. The van der Waals surface area contributed by atoms with Crippen LogP contribution in [0.4, 0.5) is 9.59 Å². The lowest BCUT2D eigenvalue weighted by Crippen LogP contribution is -2.66. The van der Waals surface area contributed by atoms with Gasteiger partial charge in [0.25, 0.3) is 0 Å². The van der Waals surface area contributed by atoms with E-state index in [4.69, 9.17) is 0 Å². The van der Waals surface area contributed by atoms with Crippen molar-refractivity contribution >= 4 is 58.4 Å². The molecule has 0 aromatic heterocycles. The quantitative estimate of drug-likeness (QED) is 0.156. The van der Waals surface area contributed by atoms with Gasteiger partial charge in [0, 0.05) is 0 Å². The summed E-state index contributed by atoms with van der Waals surface area (Å²) in [7, 11) is -4.87. The van der Waals surface area contributed by atoms with Gasteiger partial charge in [-0.25, -0.2) is 19.4 Å². The molecule has 1 saturated heterocycles. The first kappa shape index (κ1) is 29.8. The Labute approximate surface area is 271 Å². The number of hydrogen-bond donors (Lipinski definition) is 0. The van der Waals surface area contributed by atoms with Crippen LogP contribution in [0.15, 0.2) is 182 Å². The smallest absolute Gasteiger partial charge is 0.247 e. The molecular formula is C40H34N2O2P2+2. The van der Waals surface area contributed by atoms with Gasteiger partial charge in [-0.05, 0) is 72.8 Å². The van der Waals surface area contributed by atoms with Crippen LogP contribution < -0.4 is 31.8 Å². The lowest BCUT2D eigenvalue weighted by molar-refractivity contribution is 0.120. The van der Waals surface area contributed by atoms with E-state index in [1.54, 1.807) is 0 Å². The molecule has 0 atom stereocenters. The molecule has 0 spiro atoms. The molecule has 1 fully saturated rings. The highest BCUT2D eigenvalue weighted by Crippen LogP contribution is 2.59. The average molecular weight is 637 g/mol. The van der Waals surface area contributed by atoms with Gasteiger partial charge >= 0.3 is 12.1 Å². The van der Waals surface area contributed by atoms with Crippen molar-refractivity contribution in [1.29, 1.82) is 0 Å². The van der Waals surface area contributed by atoms with Crippen molar-refractivity contribution in [2.45, 2.75) is 0 Å². The van der Waals surface area contributed by atoms with Crippen LogP contribution in [0.1, 0.15) is 0 Å². The summed E-state index contributed by atoms with van der Waals surface area (Å²) in [5.41, 5.74) is 0. The van der Waals surface area contributed by atoms with Crippen LogP contribution in [-0.2, 0) is 0 Å². The van der Waals surface area contributed by atoms with E-state index in [0.29, 0.717) is 12.6 Å². The van der Waals surface area contributed by atoms with Gasteiger partial charge in [0.15, 0.2) is 12.6 Å². The molecule has 1 aliphatic rings. The molecule has 0 radical (unpaired) electrons. The fourth-order valence-corrected chi connectivity index (χ4v) is 14.7. The van der Waals surface area contributed by atoms with Crippen LogP contribution >= 0.6 is 14.5 Å². The van der Waals surface area contributed by atoms with Gasteiger partial charge in [-0.15, -0.1) is 0 Å². The Balaban J connectivity index is 1.32. The maximum absolute atomic E-state index is 14.4. The van der Waals surface area contributed by atoms with Crippen molar-refractivity contribution in [1.82, 2.24) is 9.80 Å². The molecule has 6 aromatic carbocycles. The minimum Gasteiger partial charge on any atom is -0.247 e. The summed E-state index contributed by atoms with van der Waals surface area (Å²) < 4.78 is 0. The first-order valence-electron chi connectivity index (χ1n) is 15.4. The van der Waals surface area contributed by atoms with E-state index in [9.17, 15) is 9.59 Å². The van der Waals surface area contributed by atoms with E-state index in [1.165, 1.54) is 9.80 Å². The van der Waals surface area contributed by atoms with Gasteiger partial charge in [0.2, 0.25) is 0 Å². The summed E-state index contributed by atoms with van der Waals surface area (Å²) in [4.78, 5) is 31.7. The standard InChI is InChI=1S/C40H34N2O2P2/c43-39-41(31-45(33-19-7-1-8-20-33,34-21-9-2-10-22-34)35-23-11-3-12-24-35)40(44)42(39)32-46(36-25-13-4-14-26-36,37-27-15-5-16-28-37)38-29-17-6-18-30-38/h1-30H,31-32H2/q+2. The second-order valence-electron chi connectivity index (χ2n) is 11.3. The average Bonchev–Trinajstić information content (AvgIpc) is 3.15. The Morgan fingerprint density at radius 2 is 0.478 bits per heavy atom. The molecule has 1 heterocycles. The summed E-state index contributed by atoms with van der Waals surface area (Å²) >= 11 is 0. The molecule has 46 heavy (non-hydrogen) atoms. The molecule has 224 valence electrons. The summed E-state index contributed by atoms with van der Waals surface area (Å²) in [6, 6.07) is 61.7. The first-order chi connectivity index (χ1) is 22.6. The van der Waals surface area contributed by atoms with Crippen molar-refractivity contribution in [3.05, 3.63) is 182 Å². The lowest BCUT2D eigenvalue weighted by atomic mass is 10.4. The fourth-order valence-electron chi connectivity index (χ4n) is 6.56. The van der Waals surface area contributed by atoms with Gasteiger partial charge in [0.1, 0.15) is 46.4 Å². The number of carbonyl (C=O) groups is 2. The largest absolute Gasteiger partial charge is 0.342 e. The van der Waals surface area contributed by atoms with Crippen LogP contribution in [-0.4, -0.2) is 34.4 Å². The zero-order valence-corrected chi connectivity index (χ0v) is 27.1. The maximum atomic E-state index is 14.4. The van der Waals surface area contributed by atoms with Crippen LogP contribution in [0, 0.1) is 0 Å². The second-order valence-corrected chi connectivity index (χ2v) is 18.2. The summed E-state index contributed by atoms with van der Waals surface area (Å²) in [5, 5.41) is 6.78. The summed E-state index contributed by atoms with van der Waals surface area (Å²) in [6.45, 7) is 0. The number of benzene rings is 6. The van der Waals surface area contributed by atoms with E-state index in [1.807, 2.05) is 109 Å². The van der Waals surface area contributed by atoms with Gasteiger partial charge in [0.05, 0.1) is 0 Å². The number of urea groups is 2. The van der Waals surface area contributed by atoms with Crippen LogP contribution in [0.2, 0.25) is 0 Å².